The minimum Gasteiger partial charge on any atom is -0.352 e. The van der Waals surface area contributed by atoms with Crippen molar-refractivity contribution < 1.29 is 9.59 Å². The molecule has 0 saturated carbocycles. The topological polar surface area (TPSA) is 61.4 Å². The summed E-state index contributed by atoms with van der Waals surface area (Å²) in [4.78, 5) is 26.6. The first-order valence-corrected chi connectivity index (χ1v) is 10.0. The maximum absolute atomic E-state index is 13.3. The van der Waals surface area contributed by atoms with E-state index in [0.717, 1.165) is 55.6 Å². The Balaban J connectivity index is 1.45. The summed E-state index contributed by atoms with van der Waals surface area (Å²) in [6, 6.07) is 18.1. The van der Waals surface area contributed by atoms with E-state index in [1.54, 1.807) is 6.92 Å². The zero-order valence-electron chi connectivity index (χ0n) is 16.3. The number of hydrogen-bond donors (Lipinski definition) is 2. The van der Waals surface area contributed by atoms with E-state index in [4.69, 9.17) is 0 Å². The molecule has 2 aromatic carbocycles. The molecule has 0 bridgehead atoms. The first-order chi connectivity index (χ1) is 13.6. The van der Waals surface area contributed by atoms with Crippen molar-refractivity contribution in [1.29, 1.82) is 0 Å². The molecular formula is C23H27N3O2. The van der Waals surface area contributed by atoms with Gasteiger partial charge in [0.15, 0.2) is 0 Å². The zero-order chi connectivity index (χ0) is 19.6. The van der Waals surface area contributed by atoms with Gasteiger partial charge in [-0.3, -0.25) is 9.59 Å². The van der Waals surface area contributed by atoms with Crippen LogP contribution in [0.3, 0.4) is 0 Å². The molecule has 0 radical (unpaired) electrons. The molecule has 2 fully saturated rings. The summed E-state index contributed by atoms with van der Waals surface area (Å²) in [5.41, 5.74) is 2.86. The lowest BCUT2D eigenvalue weighted by molar-refractivity contribution is -0.119. The normalized spacial score (nSPS) is 20.9. The molecule has 0 aromatic heterocycles. The van der Waals surface area contributed by atoms with Crippen LogP contribution in [0.15, 0.2) is 54.6 Å². The highest BCUT2D eigenvalue weighted by atomic mass is 16.2. The molecule has 2 N–H and O–H groups in total. The van der Waals surface area contributed by atoms with E-state index >= 15 is 0 Å². The molecule has 5 nitrogen and oxygen atoms in total. The Kier molecular flexibility index (Phi) is 5.18. The average Bonchev–Trinajstić information content (AvgIpc) is 3.10. The third-order valence-corrected chi connectivity index (χ3v) is 6.02. The lowest BCUT2D eigenvalue weighted by Crippen LogP contribution is -2.51. The van der Waals surface area contributed by atoms with Gasteiger partial charge in [-0.1, -0.05) is 48.5 Å². The van der Waals surface area contributed by atoms with Gasteiger partial charge in [-0.2, -0.15) is 0 Å². The maximum Gasteiger partial charge on any atom is 0.254 e. The molecule has 2 amide bonds. The number of nitrogens with zero attached hydrogens (tertiary/aromatic N) is 1. The second-order valence-electron chi connectivity index (χ2n) is 7.97. The van der Waals surface area contributed by atoms with Crippen molar-refractivity contribution in [3.63, 3.8) is 0 Å². The van der Waals surface area contributed by atoms with Crippen LogP contribution < -0.4 is 10.6 Å². The highest BCUT2D eigenvalue weighted by Crippen LogP contribution is 2.32. The minimum absolute atomic E-state index is 0.0222. The highest BCUT2D eigenvalue weighted by Gasteiger charge is 2.42. The number of hydrogen-bond acceptors (Lipinski definition) is 3. The van der Waals surface area contributed by atoms with E-state index in [9.17, 15) is 9.59 Å². The fourth-order valence-corrected chi connectivity index (χ4v) is 4.57. The summed E-state index contributed by atoms with van der Waals surface area (Å²) in [5, 5.41) is 6.63. The van der Waals surface area contributed by atoms with Crippen LogP contribution in [0.4, 0.5) is 0 Å². The van der Waals surface area contributed by atoms with Gasteiger partial charge in [0.2, 0.25) is 5.91 Å². The van der Waals surface area contributed by atoms with Gasteiger partial charge in [-0.25, -0.2) is 0 Å². The van der Waals surface area contributed by atoms with Crippen LogP contribution in [0, 0.1) is 0 Å². The summed E-state index contributed by atoms with van der Waals surface area (Å²) in [6.07, 6.45) is 2.78. The Hall–Kier alpha value is -2.66. The molecular weight excluding hydrogens is 350 g/mol. The van der Waals surface area contributed by atoms with E-state index < -0.39 is 0 Å². The summed E-state index contributed by atoms with van der Waals surface area (Å²) in [7, 11) is 0. The molecule has 146 valence electrons. The van der Waals surface area contributed by atoms with E-state index in [1.807, 2.05) is 59.5 Å². The molecule has 28 heavy (non-hydrogen) atoms. The van der Waals surface area contributed by atoms with E-state index in [2.05, 4.69) is 10.6 Å². The number of carbonyl (C=O) groups is 2. The summed E-state index contributed by atoms with van der Waals surface area (Å²) in [5.74, 6) is 0.125. The Morgan fingerprint density at radius 1 is 1.04 bits per heavy atom. The van der Waals surface area contributed by atoms with Crippen molar-refractivity contribution in [1.82, 2.24) is 15.5 Å². The monoisotopic (exact) mass is 377 g/mol. The second-order valence-corrected chi connectivity index (χ2v) is 7.97. The Morgan fingerprint density at radius 2 is 1.71 bits per heavy atom. The standard InChI is InChI=1S/C23H27N3O2/c1-17(27)25-19-15-23(24-16-19)11-13-26(14-12-23)22(28)21-10-6-5-9-20(21)18-7-3-2-4-8-18/h2-10,19,24H,11-16H2,1H3,(H,25,27)/t19-/m0/s1. The Labute approximate surface area is 166 Å². The lowest BCUT2D eigenvalue weighted by Gasteiger charge is -2.40. The smallest absolute Gasteiger partial charge is 0.254 e. The van der Waals surface area contributed by atoms with Crippen molar-refractivity contribution in [2.75, 3.05) is 19.6 Å². The van der Waals surface area contributed by atoms with Crippen LogP contribution in [0.25, 0.3) is 11.1 Å². The summed E-state index contributed by atoms with van der Waals surface area (Å²) >= 11 is 0. The number of piperidine rings is 1. The van der Waals surface area contributed by atoms with Gasteiger partial charge in [-0.05, 0) is 36.5 Å². The molecule has 2 aliphatic rings. The average molecular weight is 377 g/mol. The molecule has 2 saturated heterocycles. The van der Waals surface area contributed by atoms with Crippen LogP contribution in [-0.4, -0.2) is 47.9 Å². The third kappa shape index (κ3) is 3.80. The highest BCUT2D eigenvalue weighted by molar-refractivity contribution is 6.01. The first-order valence-electron chi connectivity index (χ1n) is 10.0. The van der Waals surface area contributed by atoms with Crippen molar-refractivity contribution in [2.24, 2.45) is 0 Å². The molecule has 4 rings (SSSR count). The minimum atomic E-state index is 0.0222. The predicted octanol–water partition coefficient (Wildman–Crippen LogP) is 2.83. The molecule has 2 aromatic rings. The first kappa shape index (κ1) is 18.7. The van der Waals surface area contributed by atoms with Crippen molar-refractivity contribution in [3.05, 3.63) is 60.2 Å². The van der Waals surface area contributed by atoms with E-state index in [-0.39, 0.29) is 23.4 Å². The maximum atomic E-state index is 13.3. The zero-order valence-corrected chi connectivity index (χ0v) is 16.3. The van der Waals surface area contributed by atoms with E-state index in [1.165, 1.54) is 0 Å². The van der Waals surface area contributed by atoms with Crippen LogP contribution in [0.1, 0.15) is 36.5 Å². The number of carbonyl (C=O) groups excluding carboxylic acids is 2. The number of benzene rings is 2. The van der Waals surface area contributed by atoms with Crippen LogP contribution in [-0.2, 0) is 4.79 Å². The van der Waals surface area contributed by atoms with Gasteiger partial charge in [0.05, 0.1) is 0 Å². The van der Waals surface area contributed by atoms with Crippen molar-refractivity contribution in [2.45, 2.75) is 37.8 Å². The van der Waals surface area contributed by atoms with Gasteiger partial charge in [-0.15, -0.1) is 0 Å². The van der Waals surface area contributed by atoms with Gasteiger partial charge in [0, 0.05) is 43.7 Å². The summed E-state index contributed by atoms with van der Waals surface area (Å²) < 4.78 is 0. The predicted molar refractivity (Wildman–Crippen MR) is 110 cm³/mol. The molecule has 0 aliphatic carbocycles. The van der Waals surface area contributed by atoms with Crippen LogP contribution in [0.5, 0.6) is 0 Å². The Morgan fingerprint density at radius 3 is 2.43 bits per heavy atom. The van der Waals surface area contributed by atoms with Crippen LogP contribution in [0.2, 0.25) is 0 Å². The Bertz CT molecular complexity index is 857. The molecule has 1 atom stereocenters. The fourth-order valence-electron chi connectivity index (χ4n) is 4.57. The lowest BCUT2D eigenvalue weighted by atomic mass is 9.85. The molecule has 2 aliphatic heterocycles. The van der Waals surface area contributed by atoms with Crippen molar-refractivity contribution in [3.8, 4) is 11.1 Å². The quantitative estimate of drug-likeness (QED) is 0.865. The molecule has 5 heteroatoms. The molecule has 1 spiro atoms. The van der Waals surface area contributed by atoms with Gasteiger partial charge in [0.1, 0.15) is 0 Å². The fraction of sp³-hybridized carbons (Fsp3) is 0.391. The third-order valence-electron chi connectivity index (χ3n) is 6.02. The summed E-state index contributed by atoms with van der Waals surface area (Å²) in [6.45, 7) is 3.85. The number of amides is 2. The second kappa shape index (κ2) is 7.76. The molecule has 2 heterocycles. The van der Waals surface area contributed by atoms with Gasteiger partial charge >= 0.3 is 0 Å². The van der Waals surface area contributed by atoms with Crippen molar-refractivity contribution >= 4 is 11.8 Å². The number of nitrogens with one attached hydrogen (secondary N) is 2. The largest absolute Gasteiger partial charge is 0.352 e. The molecule has 0 unspecified atom stereocenters. The SMILES string of the molecule is CC(=O)N[C@@H]1CNC2(CCN(C(=O)c3ccccc3-c3ccccc3)CC2)C1. The number of likely N-dealkylation sites (tertiary alicyclic amines) is 1. The van der Waals surface area contributed by atoms with Crippen LogP contribution >= 0.6 is 0 Å². The number of rotatable bonds is 3. The van der Waals surface area contributed by atoms with Gasteiger partial charge in [0.25, 0.3) is 5.91 Å². The van der Waals surface area contributed by atoms with Gasteiger partial charge < -0.3 is 15.5 Å². The van der Waals surface area contributed by atoms with E-state index in [0.29, 0.717) is 0 Å².